The molecule has 0 saturated carbocycles. The highest BCUT2D eigenvalue weighted by Gasteiger charge is 2.16. The first kappa shape index (κ1) is 12.9. The smallest absolute Gasteiger partial charge is 0.321 e. The minimum absolute atomic E-state index is 0.00646. The number of hydrogen-bond donors (Lipinski definition) is 2. The Morgan fingerprint density at radius 3 is 2.72 bits per heavy atom. The van der Waals surface area contributed by atoms with E-state index in [9.17, 15) is 4.79 Å². The van der Waals surface area contributed by atoms with Gasteiger partial charge in [-0.1, -0.05) is 12.1 Å². The molecule has 0 radical (unpaired) electrons. The monoisotopic (exact) mass is 247 g/mol. The van der Waals surface area contributed by atoms with Gasteiger partial charge < -0.3 is 16.0 Å². The van der Waals surface area contributed by atoms with Gasteiger partial charge in [0.15, 0.2) is 0 Å². The van der Waals surface area contributed by atoms with Gasteiger partial charge in [-0.25, -0.2) is 4.79 Å². The summed E-state index contributed by atoms with van der Waals surface area (Å²) in [5, 5.41) is 2.99. The van der Waals surface area contributed by atoms with Crippen molar-refractivity contribution in [3.05, 3.63) is 29.3 Å². The number of amides is 2. The van der Waals surface area contributed by atoms with Crippen molar-refractivity contribution in [2.75, 3.05) is 18.4 Å². The molecule has 2 rings (SSSR count). The number of anilines is 1. The Kier molecular flexibility index (Phi) is 4.20. The van der Waals surface area contributed by atoms with E-state index in [0.29, 0.717) is 6.54 Å². The molecule has 1 aromatic carbocycles. The second kappa shape index (κ2) is 5.87. The molecule has 1 aliphatic rings. The Balaban J connectivity index is 2.05. The molecule has 0 bridgehead atoms. The summed E-state index contributed by atoms with van der Waals surface area (Å²) in [6.07, 6.45) is 3.44. The molecule has 0 unspecified atom stereocenters. The van der Waals surface area contributed by atoms with E-state index in [2.05, 4.69) is 5.32 Å². The van der Waals surface area contributed by atoms with Crippen molar-refractivity contribution in [1.29, 1.82) is 0 Å². The summed E-state index contributed by atoms with van der Waals surface area (Å²) in [5.41, 5.74) is 8.59. The van der Waals surface area contributed by atoms with E-state index in [1.54, 1.807) is 0 Å². The predicted molar refractivity (Wildman–Crippen MR) is 73.5 cm³/mol. The van der Waals surface area contributed by atoms with Crippen LogP contribution in [-0.2, 0) is 6.54 Å². The number of hydrogen-bond acceptors (Lipinski definition) is 2. The first-order valence-electron chi connectivity index (χ1n) is 6.56. The van der Waals surface area contributed by atoms with E-state index >= 15 is 0 Å². The van der Waals surface area contributed by atoms with Crippen molar-refractivity contribution in [1.82, 2.24) is 4.90 Å². The molecular weight excluding hydrogens is 226 g/mol. The lowest BCUT2D eigenvalue weighted by Gasteiger charge is -2.27. The minimum atomic E-state index is 0.00646. The average Bonchev–Trinajstić information content (AvgIpc) is 2.42. The number of piperidine rings is 1. The standard InChI is InChI=1S/C14H21N3O/c1-11-5-6-12(10-15)9-13(11)16-14(18)17-7-3-2-4-8-17/h5-6,9H,2-4,7-8,10,15H2,1H3,(H,16,18). The summed E-state index contributed by atoms with van der Waals surface area (Å²) in [6.45, 7) is 4.21. The second-order valence-electron chi connectivity index (χ2n) is 4.83. The summed E-state index contributed by atoms with van der Waals surface area (Å²) in [4.78, 5) is 14.0. The van der Waals surface area contributed by atoms with Gasteiger partial charge in [0.05, 0.1) is 0 Å². The third-order valence-electron chi connectivity index (χ3n) is 3.42. The Morgan fingerprint density at radius 2 is 2.06 bits per heavy atom. The van der Waals surface area contributed by atoms with Gasteiger partial charge in [-0.05, 0) is 43.4 Å². The largest absolute Gasteiger partial charge is 0.326 e. The van der Waals surface area contributed by atoms with Crippen LogP contribution < -0.4 is 11.1 Å². The normalized spacial score (nSPS) is 15.6. The van der Waals surface area contributed by atoms with Crippen LogP contribution in [0.25, 0.3) is 0 Å². The third-order valence-corrected chi connectivity index (χ3v) is 3.42. The van der Waals surface area contributed by atoms with Gasteiger partial charge in [0, 0.05) is 25.3 Å². The quantitative estimate of drug-likeness (QED) is 0.843. The molecular formula is C14H21N3O. The van der Waals surface area contributed by atoms with Gasteiger partial charge in [-0.3, -0.25) is 0 Å². The molecule has 98 valence electrons. The molecule has 4 nitrogen and oxygen atoms in total. The zero-order valence-corrected chi connectivity index (χ0v) is 10.9. The van der Waals surface area contributed by atoms with Crippen molar-refractivity contribution in [2.24, 2.45) is 5.73 Å². The summed E-state index contributed by atoms with van der Waals surface area (Å²) >= 11 is 0. The molecule has 1 heterocycles. The number of carbonyl (C=O) groups excluding carboxylic acids is 1. The topological polar surface area (TPSA) is 58.4 Å². The molecule has 1 aliphatic heterocycles. The molecule has 0 atom stereocenters. The van der Waals surface area contributed by atoms with E-state index < -0.39 is 0 Å². The fourth-order valence-corrected chi connectivity index (χ4v) is 2.22. The van der Waals surface area contributed by atoms with Crippen LogP contribution in [0, 0.1) is 6.92 Å². The average molecular weight is 247 g/mol. The Hall–Kier alpha value is -1.55. The molecule has 1 fully saturated rings. The number of urea groups is 1. The second-order valence-corrected chi connectivity index (χ2v) is 4.83. The van der Waals surface area contributed by atoms with Crippen LogP contribution in [0.2, 0.25) is 0 Å². The number of carbonyl (C=O) groups is 1. The summed E-state index contributed by atoms with van der Waals surface area (Å²) in [5.74, 6) is 0. The fourth-order valence-electron chi connectivity index (χ4n) is 2.22. The van der Waals surface area contributed by atoms with Crippen LogP contribution in [0.4, 0.5) is 10.5 Å². The Bertz CT molecular complexity index is 425. The van der Waals surface area contributed by atoms with Gasteiger partial charge in [0.2, 0.25) is 0 Å². The van der Waals surface area contributed by atoms with Gasteiger partial charge in [-0.2, -0.15) is 0 Å². The number of rotatable bonds is 2. The maximum atomic E-state index is 12.1. The van der Waals surface area contributed by atoms with Crippen LogP contribution in [0.5, 0.6) is 0 Å². The van der Waals surface area contributed by atoms with Crippen LogP contribution >= 0.6 is 0 Å². The first-order chi connectivity index (χ1) is 8.70. The van der Waals surface area contributed by atoms with Crippen LogP contribution in [0.1, 0.15) is 30.4 Å². The molecule has 3 N–H and O–H groups in total. The SMILES string of the molecule is Cc1ccc(CN)cc1NC(=O)N1CCCCC1. The van der Waals surface area contributed by atoms with E-state index in [1.165, 1.54) is 6.42 Å². The van der Waals surface area contributed by atoms with E-state index in [1.807, 2.05) is 30.0 Å². The molecule has 18 heavy (non-hydrogen) atoms. The van der Waals surface area contributed by atoms with Crippen molar-refractivity contribution in [2.45, 2.75) is 32.7 Å². The highest BCUT2D eigenvalue weighted by molar-refractivity contribution is 5.90. The van der Waals surface area contributed by atoms with Crippen LogP contribution in [0.3, 0.4) is 0 Å². The molecule has 1 saturated heterocycles. The van der Waals surface area contributed by atoms with Crippen molar-refractivity contribution in [3.63, 3.8) is 0 Å². The lowest BCUT2D eigenvalue weighted by molar-refractivity contribution is 0.200. The number of benzene rings is 1. The van der Waals surface area contributed by atoms with Crippen molar-refractivity contribution >= 4 is 11.7 Å². The lowest BCUT2D eigenvalue weighted by Crippen LogP contribution is -2.38. The molecule has 0 spiro atoms. The molecule has 4 heteroatoms. The van der Waals surface area contributed by atoms with Gasteiger partial charge in [0.25, 0.3) is 0 Å². The summed E-state index contributed by atoms with van der Waals surface area (Å²) in [6, 6.07) is 5.95. The number of aryl methyl sites for hydroxylation is 1. The molecule has 1 aromatic rings. The van der Waals surface area contributed by atoms with E-state index in [-0.39, 0.29) is 6.03 Å². The highest BCUT2D eigenvalue weighted by atomic mass is 16.2. The maximum absolute atomic E-state index is 12.1. The number of nitrogens with zero attached hydrogens (tertiary/aromatic N) is 1. The third kappa shape index (κ3) is 3.01. The van der Waals surface area contributed by atoms with Gasteiger partial charge >= 0.3 is 6.03 Å². The Morgan fingerprint density at radius 1 is 1.33 bits per heavy atom. The zero-order valence-electron chi connectivity index (χ0n) is 10.9. The Labute approximate surface area is 108 Å². The van der Waals surface area contributed by atoms with Crippen LogP contribution in [-0.4, -0.2) is 24.0 Å². The first-order valence-corrected chi connectivity index (χ1v) is 6.56. The number of nitrogens with two attached hydrogens (primary N) is 1. The van der Waals surface area contributed by atoms with Crippen molar-refractivity contribution in [3.8, 4) is 0 Å². The van der Waals surface area contributed by atoms with E-state index in [4.69, 9.17) is 5.73 Å². The van der Waals surface area contributed by atoms with Crippen LogP contribution in [0.15, 0.2) is 18.2 Å². The molecule has 0 aliphatic carbocycles. The van der Waals surface area contributed by atoms with E-state index in [0.717, 1.165) is 42.7 Å². The molecule has 2 amide bonds. The maximum Gasteiger partial charge on any atom is 0.321 e. The summed E-state index contributed by atoms with van der Waals surface area (Å²) in [7, 11) is 0. The lowest BCUT2D eigenvalue weighted by atomic mass is 10.1. The van der Waals surface area contributed by atoms with Gasteiger partial charge in [-0.15, -0.1) is 0 Å². The summed E-state index contributed by atoms with van der Waals surface area (Å²) < 4.78 is 0. The number of nitrogens with one attached hydrogen (secondary N) is 1. The predicted octanol–water partition coefficient (Wildman–Crippen LogP) is 2.47. The molecule has 0 aromatic heterocycles. The highest BCUT2D eigenvalue weighted by Crippen LogP contribution is 2.18. The fraction of sp³-hybridized carbons (Fsp3) is 0.500. The van der Waals surface area contributed by atoms with Crippen molar-refractivity contribution < 1.29 is 4.79 Å². The van der Waals surface area contributed by atoms with Gasteiger partial charge in [0.1, 0.15) is 0 Å². The zero-order chi connectivity index (χ0) is 13.0. The minimum Gasteiger partial charge on any atom is -0.326 e. The number of likely N-dealkylation sites (tertiary alicyclic amines) is 1.